The van der Waals surface area contributed by atoms with Crippen molar-refractivity contribution < 1.29 is 0 Å². The van der Waals surface area contributed by atoms with Crippen LogP contribution in [-0.2, 0) is 0 Å². The van der Waals surface area contributed by atoms with Crippen molar-refractivity contribution in [1.82, 2.24) is 10.2 Å². The number of likely N-dealkylation sites (N-methyl/N-ethyl adjacent to an activating group) is 1. The second-order valence-corrected chi connectivity index (χ2v) is 6.15. The molecule has 2 aliphatic rings. The van der Waals surface area contributed by atoms with Gasteiger partial charge in [0.05, 0.1) is 0 Å². The summed E-state index contributed by atoms with van der Waals surface area (Å²) in [6.07, 6.45) is 9.98. The van der Waals surface area contributed by atoms with E-state index in [2.05, 4.69) is 24.1 Å². The Bertz CT molecular complexity index is 211. The maximum atomic E-state index is 3.64. The molecule has 0 aromatic carbocycles. The van der Waals surface area contributed by atoms with Gasteiger partial charge in [0.15, 0.2) is 0 Å². The second kappa shape index (κ2) is 6.75. The van der Waals surface area contributed by atoms with Crippen LogP contribution in [0, 0.1) is 5.92 Å². The molecular weight excluding hydrogens is 208 g/mol. The molecule has 2 heteroatoms. The van der Waals surface area contributed by atoms with Gasteiger partial charge in [0.25, 0.3) is 0 Å². The molecule has 0 radical (unpaired) electrons. The lowest BCUT2D eigenvalue weighted by Gasteiger charge is -2.32. The molecule has 2 nitrogen and oxygen atoms in total. The van der Waals surface area contributed by atoms with E-state index in [9.17, 15) is 0 Å². The molecule has 0 aromatic rings. The summed E-state index contributed by atoms with van der Waals surface area (Å²) in [5.74, 6) is 0.961. The van der Waals surface area contributed by atoms with Gasteiger partial charge in [0.2, 0.25) is 0 Å². The Morgan fingerprint density at radius 2 is 1.94 bits per heavy atom. The maximum absolute atomic E-state index is 3.64. The number of nitrogens with one attached hydrogen (secondary N) is 1. The predicted octanol–water partition coefficient (Wildman–Crippen LogP) is 3.03. The summed E-state index contributed by atoms with van der Waals surface area (Å²) >= 11 is 0. The molecule has 1 saturated carbocycles. The lowest BCUT2D eigenvalue weighted by atomic mass is 10.0. The molecule has 1 heterocycles. The number of hydrogen-bond donors (Lipinski definition) is 1. The Hall–Kier alpha value is -0.0800. The fraction of sp³-hybridized carbons (Fsp3) is 1.00. The zero-order valence-electron chi connectivity index (χ0n) is 11.8. The van der Waals surface area contributed by atoms with Crippen LogP contribution in [0.2, 0.25) is 0 Å². The molecule has 0 spiro atoms. The van der Waals surface area contributed by atoms with Gasteiger partial charge in [-0.15, -0.1) is 0 Å². The molecule has 100 valence electrons. The van der Waals surface area contributed by atoms with Gasteiger partial charge in [0.1, 0.15) is 0 Å². The summed E-state index contributed by atoms with van der Waals surface area (Å²) < 4.78 is 0. The van der Waals surface area contributed by atoms with Gasteiger partial charge >= 0.3 is 0 Å². The van der Waals surface area contributed by atoms with Crippen molar-refractivity contribution in [3.63, 3.8) is 0 Å². The minimum atomic E-state index is 0.774. The molecule has 1 aliphatic carbocycles. The molecule has 0 amide bonds. The molecule has 3 unspecified atom stereocenters. The van der Waals surface area contributed by atoms with E-state index in [4.69, 9.17) is 0 Å². The first-order valence-corrected chi connectivity index (χ1v) is 7.77. The molecule has 1 saturated heterocycles. The van der Waals surface area contributed by atoms with E-state index in [1.165, 1.54) is 64.6 Å². The van der Waals surface area contributed by atoms with Crippen molar-refractivity contribution >= 4 is 0 Å². The van der Waals surface area contributed by atoms with Crippen LogP contribution in [0.4, 0.5) is 0 Å². The Labute approximate surface area is 107 Å². The molecule has 0 bridgehead atoms. The first-order valence-electron chi connectivity index (χ1n) is 7.77. The quantitative estimate of drug-likeness (QED) is 0.757. The molecular formula is C15H30N2. The third kappa shape index (κ3) is 3.96. The van der Waals surface area contributed by atoms with Gasteiger partial charge in [0, 0.05) is 18.6 Å². The van der Waals surface area contributed by atoms with Crippen LogP contribution in [0.1, 0.15) is 58.8 Å². The van der Waals surface area contributed by atoms with E-state index < -0.39 is 0 Å². The standard InChI is InChI=1S/C15H30N2/c1-3-17(12-14-7-5-11-16-14)15-8-4-6-13(2)9-10-15/h13-16H,3-12H2,1-2H3. The summed E-state index contributed by atoms with van der Waals surface area (Å²) in [6, 6.07) is 1.64. The average Bonchev–Trinajstić information content (AvgIpc) is 2.75. The normalized spacial score (nSPS) is 35.1. The van der Waals surface area contributed by atoms with E-state index in [1.54, 1.807) is 0 Å². The van der Waals surface area contributed by atoms with Crippen LogP contribution in [-0.4, -0.2) is 36.6 Å². The summed E-state index contributed by atoms with van der Waals surface area (Å²) in [7, 11) is 0. The summed E-state index contributed by atoms with van der Waals surface area (Å²) in [6.45, 7) is 8.52. The minimum Gasteiger partial charge on any atom is -0.313 e. The van der Waals surface area contributed by atoms with E-state index in [-0.39, 0.29) is 0 Å². The average molecular weight is 238 g/mol. The SMILES string of the molecule is CCN(CC1CCCN1)C1CCCC(C)CC1. The lowest BCUT2D eigenvalue weighted by molar-refractivity contribution is 0.172. The Morgan fingerprint density at radius 1 is 1.06 bits per heavy atom. The van der Waals surface area contributed by atoms with Crippen molar-refractivity contribution in [3.05, 3.63) is 0 Å². The lowest BCUT2D eigenvalue weighted by Crippen LogP contribution is -2.43. The maximum Gasteiger partial charge on any atom is 0.0195 e. The van der Waals surface area contributed by atoms with Gasteiger partial charge in [-0.1, -0.05) is 26.7 Å². The summed E-state index contributed by atoms with van der Waals surface area (Å²) in [5, 5.41) is 3.64. The molecule has 2 fully saturated rings. The van der Waals surface area contributed by atoms with Gasteiger partial charge < -0.3 is 5.32 Å². The smallest absolute Gasteiger partial charge is 0.0195 e. The van der Waals surface area contributed by atoms with Crippen LogP contribution in [0.25, 0.3) is 0 Å². The summed E-state index contributed by atoms with van der Waals surface area (Å²) in [5.41, 5.74) is 0. The van der Waals surface area contributed by atoms with E-state index >= 15 is 0 Å². The predicted molar refractivity (Wildman–Crippen MR) is 74.3 cm³/mol. The van der Waals surface area contributed by atoms with Crippen LogP contribution in [0.15, 0.2) is 0 Å². The van der Waals surface area contributed by atoms with E-state index in [0.717, 1.165) is 18.0 Å². The highest BCUT2D eigenvalue weighted by molar-refractivity contribution is 4.82. The zero-order valence-corrected chi connectivity index (χ0v) is 11.8. The largest absolute Gasteiger partial charge is 0.313 e. The Balaban J connectivity index is 1.83. The number of nitrogens with zero attached hydrogens (tertiary/aromatic N) is 1. The first kappa shape index (κ1) is 13.4. The number of hydrogen-bond acceptors (Lipinski definition) is 2. The van der Waals surface area contributed by atoms with Crippen LogP contribution >= 0.6 is 0 Å². The van der Waals surface area contributed by atoms with Gasteiger partial charge in [-0.2, -0.15) is 0 Å². The second-order valence-electron chi connectivity index (χ2n) is 6.15. The number of rotatable bonds is 4. The van der Waals surface area contributed by atoms with Crippen molar-refractivity contribution in [2.75, 3.05) is 19.6 Å². The van der Waals surface area contributed by atoms with E-state index in [1.807, 2.05) is 0 Å². The zero-order chi connectivity index (χ0) is 12.1. The molecule has 1 N–H and O–H groups in total. The van der Waals surface area contributed by atoms with Gasteiger partial charge in [-0.05, 0) is 51.1 Å². The molecule has 1 aliphatic heterocycles. The third-order valence-electron chi connectivity index (χ3n) is 4.77. The van der Waals surface area contributed by atoms with Gasteiger partial charge in [-0.3, -0.25) is 4.90 Å². The van der Waals surface area contributed by atoms with Crippen molar-refractivity contribution in [1.29, 1.82) is 0 Å². The van der Waals surface area contributed by atoms with Crippen molar-refractivity contribution in [2.24, 2.45) is 5.92 Å². The molecule has 3 atom stereocenters. The fourth-order valence-corrected chi connectivity index (χ4v) is 3.56. The van der Waals surface area contributed by atoms with Crippen LogP contribution in [0.5, 0.6) is 0 Å². The van der Waals surface area contributed by atoms with Gasteiger partial charge in [-0.25, -0.2) is 0 Å². The molecule has 17 heavy (non-hydrogen) atoms. The third-order valence-corrected chi connectivity index (χ3v) is 4.77. The van der Waals surface area contributed by atoms with Crippen molar-refractivity contribution in [2.45, 2.75) is 70.9 Å². The summed E-state index contributed by atoms with van der Waals surface area (Å²) in [4.78, 5) is 2.75. The fourth-order valence-electron chi connectivity index (χ4n) is 3.56. The Morgan fingerprint density at radius 3 is 2.65 bits per heavy atom. The first-order chi connectivity index (χ1) is 8.29. The highest BCUT2D eigenvalue weighted by Gasteiger charge is 2.24. The van der Waals surface area contributed by atoms with Crippen molar-refractivity contribution in [3.8, 4) is 0 Å². The minimum absolute atomic E-state index is 0.774. The highest BCUT2D eigenvalue weighted by Crippen LogP contribution is 2.26. The van der Waals surface area contributed by atoms with Crippen LogP contribution in [0.3, 0.4) is 0 Å². The highest BCUT2D eigenvalue weighted by atomic mass is 15.2. The Kier molecular flexibility index (Phi) is 5.30. The van der Waals surface area contributed by atoms with E-state index in [0.29, 0.717) is 0 Å². The molecule has 0 aromatic heterocycles. The monoisotopic (exact) mass is 238 g/mol. The van der Waals surface area contributed by atoms with Crippen LogP contribution < -0.4 is 5.32 Å². The molecule has 2 rings (SSSR count). The topological polar surface area (TPSA) is 15.3 Å².